The normalized spacial score (nSPS) is 13.1. The Balaban J connectivity index is 2.48. The summed E-state index contributed by atoms with van der Waals surface area (Å²) >= 11 is 1.33. The maximum absolute atomic E-state index is 12.0. The van der Waals surface area contributed by atoms with Crippen molar-refractivity contribution in [2.24, 2.45) is 0 Å². The number of carbonyl (C=O) groups excluding carboxylic acids is 1. The first-order valence-electron chi connectivity index (χ1n) is 6.21. The fraction of sp³-hybridized carbons (Fsp3) is 0.500. The van der Waals surface area contributed by atoms with Gasteiger partial charge in [-0.15, -0.1) is 11.8 Å². The lowest BCUT2D eigenvalue weighted by Gasteiger charge is -2.14. The predicted molar refractivity (Wildman–Crippen MR) is 75.7 cm³/mol. The molecule has 1 aromatic carbocycles. The SMILES string of the molecule is Cc1ccc(C)c(CSC(C)C(=O)NCC(F)(F)F)c1. The highest BCUT2D eigenvalue weighted by Crippen LogP contribution is 2.21. The van der Waals surface area contributed by atoms with Crippen LogP contribution in [0, 0.1) is 13.8 Å². The summed E-state index contributed by atoms with van der Waals surface area (Å²) in [6.07, 6.45) is -4.37. The number of carbonyl (C=O) groups is 1. The minimum Gasteiger partial charge on any atom is -0.346 e. The van der Waals surface area contributed by atoms with Crippen LogP contribution in [0.5, 0.6) is 0 Å². The number of benzene rings is 1. The molecular weight excluding hydrogens is 287 g/mol. The number of amides is 1. The summed E-state index contributed by atoms with van der Waals surface area (Å²) in [6, 6.07) is 6.03. The van der Waals surface area contributed by atoms with Gasteiger partial charge in [-0.05, 0) is 31.9 Å². The van der Waals surface area contributed by atoms with Crippen molar-refractivity contribution < 1.29 is 18.0 Å². The van der Waals surface area contributed by atoms with E-state index in [0.717, 1.165) is 16.7 Å². The summed E-state index contributed by atoms with van der Waals surface area (Å²) in [7, 11) is 0. The maximum Gasteiger partial charge on any atom is 0.405 e. The minimum absolute atomic E-state index is 0.516. The topological polar surface area (TPSA) is 29.1 Å². The number of hydrogen-bond donors (Lipinski definition) is 1. The van der Waals surface area contributed by atoms with E-state index in [1.165, 1.54) is 11.8 Å². The molecule has 0 spiro atoms. The molecule has 0 bridgehead atoms. The average Bonchev–Trinajstić information content (AvgIpc) is 2.35. The monoisotopic (exact) mass is 305 g/mol. The van der Waals surface area contributed by atoms with Crippen LogP contribution in [0.25, 0.3) is 0 Å². The van der Waals surface area contributed by atoms with Crippen LogP contribution in [0.3, 0.4) is 0 Å². The lowest BCUT2D eigenvalue weighted by molar-refractivity contribution is -0.137. The molecule has 0 aromatic heterocycles. The summed E-state index contributed by atoms with van der Waals surface area (Å²) in [5.41, 5.74) is 3.34. The Labute approximate surface area is 121 Å². The Bertz CT molecular complexity index is 474. The fourth-order valence-corrected chi connectivity index (χ4v) is 2.55. The van der Waals surface area contributed by atoms with Gasteiger partial charge < -0.3 is 5.32 Å². The van der Waals surface area contributed by atoms with Gasteiger partial charge in [0.05, 0.1) is 5.25 Å². The van der Waals surface area contributed by atoms with E-state index in [0.29, 0.717) is 5.75 Å². The number of nitrogens with one attached hydrogen (secondary N) is 1. The number of hydrogen-bond acceptors (Lipinski definition) is 2. The number of rotatable bonds is 5. The average molecular weight is 305 g/mol. The van der Waals surface area contributed by atoms with E-state index in [4.69, 9.17) is 0 Å². The standard InChI is InChI=1S/C14H18F3NOS/c1-9-4-5-10(2)12(6-9)7-20-11(3)13(19)18-8-14(15,16)17/h4-6,11H,7-8H2,1-3H3,(H,18,19). The van der Waals surface area contributed by atoms with Crippen molar-refractivity contribution in [3.05, 3.63) is 34.9 Å². The predicted octanol–water partition coefficient (Wildman–Crippen LogP) is 3.60. The van der Waals surface area contributed by atoms with E-state index >= 15 is 0 Å². The number of halogens is 3. The lowest BCUT2D eigenvalue weighted by Crippen LogP contribution is -2.38. The third-order valence-corrected chi connectivity index (χ3v) is 4.02. The van der Waals surface area contributed by atoms with Crippen LogP contribution in [-0.2, 0) is 10.5 Å². The van der Waals surface area contributed by atoms with Gasteiger partial charge in [0.1, 0.15) is 6.54 Å². The van der Waals surface area contributed by atoms with Crippen molar-refractivity contribution in [3.8, 4) is 0 Å². The van der Waals surface area contributed by atoms with E-state index in [2.05, 4.69) is 0 Å². The molecule has 0 heterocycles. The summed E-state index contributed by atoms with van der Waals surface area (Å²) in [5.74, 6) is 0.0197. The van der Waals surface area contributed by atoms with Gasteiger partial charge in [-0.25, -0.2) is 0 Å². The Kier molecular flexibility index (Phi) is 5.92. The highest BCUT2D eigenvalue weighted by molar-refractivity contribution is 7.99. The van der Waals surface area contributed by atoms with Crippen molar-refractivity contribution >= 4 is 17.7 Å². The van der Waals surface area contributed by atoms with Crippen molar-refractivity contribution in [2.45, 2.75) is 38.0 Å². The Morgan fingerprint density at radius 3 is 2.60 bits per heavy atom. The first kappa shape index (κ1) is 16.9. The molecule has 1 atom stereocenters. The second-order valence-electron chi connectivity index (χ2n) is 4.72. The Morgan fingerprint density at radius 1 is 1.35 bits per heavy atom. The third-order valence-electron chi connectivity index (χ3n) is 2.83. The zero-order valence-electron chi connectivity index (χ0n) is 11.7. The molecule has 1 amide bonds. The van der Waals surface area contributed by atoms with E-state index < -0.39 is 23.9 Å². The van der Waals surface area contributed by atoms with Crippen LogP contribution < -0.4 is 5.32 Å². The molecule has 1 unspecified atom stereocenters. The smallest absolute Gasteiger partial charge is 0.346 e. The number of thioether (sulfide) groups is 1. The van der Waals surface area contributed by atoms with Gasteiger partial charge in [0.25, 0.3) is 0 Å². The second kappa shape index (κ2) is 7.02. The van der Waals surface area contributed by atoms with E-state index in [9.17, 15) is 18.0 Å². The molecule has 0 saturated carbocycles. The molecule has 0 aliphatic rings. The minimum atomic E-state index is -4.37. The van der Waals surface area contributed by atoms with Crippen molar-refractivity contribution in [2.75, 3.05) is 6.54 Å². The lowest BCUT2D eigenvalue weighted by atomic mass is 10.1. The highest BCUT2D eigenvalue weighted by Gasteiger charge is 2.28. The van der Waals surface area contributed by atoms with Gasteiger partial charge in [0.2, 0.25) is 5.91 Å². The molecule has 6 heteroatoms. The van der Waals surface area contributed by atoms with Crippen LogP contribution >= 0.6 is 11.8 Å². The van der Waals surface area contributed by atoms with Crippen LogP contribution in [0.4, 0.5) is 13.2 Å². The van der Waals surface area contributed by atoms with Crippen LogP contribution in [-0.4, -0.2) is 23.9 Å². The summed E-state index contributed by atoms with van der Waals surface area (Å²) in [6.45, 7) is 4.29. The highest BCUT2D eigenvalue weighted by atomic mass is 32.2. The van der Waals surface area contributed by atoms with Crippen molar-refractivity contribution in [1.82, 2.24) is 5.32 Å². The van der Waals surface area contributed by atoms with Crippen molar-refractivity contribution in [1.29, 1.82) is 0 Å². The maximum atomic E-state index is 12.0. The molecule has 1 rings (SSSR count). The van der Waals surface area contributed by atoms with Gasteiger partial charge in [-0.2, -0.15) is 13.2 Å². The van der Waals surface area contributed by atoms with Crippen LogP contribution in [0.2, 0.25) is 0 Å². The van der Waals surface area contributed by atoms with Gasteiger partial charge in [-0.1, -0.05) is 23.8 Å². The molecule has 1 aromatic rings. The summed E-state index contributed by atoms with van der Waals surface area (Å²) in [4.78, 5) is 11.5. The zero-order chi connectivity index (χ0) is 15.3. The first-order valence-corrected chi connectivity index (χ1v) is 7.26. The van der Waals surface area contributed by atoms with E-state index in [-0.39, 0.29) is 0 Å². The van der Waals surface area contributed by atoms with Crippen LogP contribution in [0.1, 0.15) is 23.6 Å². The molecule has 0 aliphatic carbocycles. The van der Waals surface area contributed by atoms with Crippen molar-refractivity contribution in [3.63, 3.8) is 0 Å². The summed E-state index contributed by atoms with van der Waals surface area (Å²) < 4.78 is 36.0. The third kappa shape index (κ3) is 5.86. The molecule has 0 aliphatic heterocycles. The Morgan fingerprint density at radius 2 is 2.00 bits per heavy atom. The zero-order valence-corrected chi connectivity index (χ0v) is 12.5. The molecular formula is C14H18F3NOS. The Hall–Kier alpha value is -1.17. The van der Waals surface area contributed by atoms with Gasteiger partial charge in [0.15, 0.2) is 0 Å². The van der Waals surface area contributed by atoms with Gasteiger partial charge in [-0.3, -0.25) is 4.79 Å². The fourth-order valence-electron chi connectivity index (χ4n) is 1.58. The molecule has 20 heavy (non-hydrogen) atoms. The first-order chi connectivity index (χ1) is 9.19. The summed E-state index contributed by atoms with van der Waals surface area (Å²) in [5, 5.41) is 1.38. The number of alkyl halides is 3. The molecule has 112 valence electrons. The molecule has 0 radical (unpaired) electrons. The number of aryl methyl sites for hydroxylation is 2. The largest absolute Gasteiger partial charge is 0.405 e. The molecule has 2 nitrogen and oxygen atoms in total. The second-order valence-corrected chi connectivity index (χ2v) is 6.05. The van der Waals surface area contributed by atoms with Gasteiger partial charge >= 0.3 is 6.18 Å². The van der Waals surface area contributed by atoms with E-state index in [1.807, 2.05) is 37.4 Å². The molecule has 1 N–H and O–H groups in total. The molecule has 0 saturated heterocycles. The molecule has 0 fully saturated rings. The quantitative estimate of drug-likeness (QED) is 0.900. The van der Waals surface area contributed by atoms with E-state index in [1.54, 1.807) is 6.92 Å². The van der Waals surface area contributed by atoms with Crippen LogP contribution in [0.15, 0.2) is 18.2 Å². The van der Waals surface area contributed by atoms with Gasteiger partial charge in [0, 0.05) is 5.75 Å².